The van der Waals surface area contributed by atoms with E-state index in [2.05, 4.69) is 210 Å². The van der Waals surface area contributed by atoms with Gasteiger partial charge >= 0.3 is 0 Å². The zero-order valence-electron chi connectivity index (χ0n) is 31.3. The molecular formula is C54H34N2OS. The smallest absolute Gasteiger partial charge is 0.136 e. The van der Waals surface area contributed by atoms with E-state index in [1.807, 2.05) is 17.4 Å². The zero-order chi connectivity index (χ0) is 38.2. The minimum atomic E-state index is 0.900. The van der Waals surface area contributed by atoms with Gasteiger partial charge in [-0.05, 0) is 95.1 Å². The molecule has 0 amide bonds. The number of aromatic nitrogens is 1. The maximum atomic E-state index is 6.44. The van der Waals surface area contributed by atoms with Crippen LogP contribution in [-0.2, 0) is 0 Å². The van der Waals surface area contributed by atoms with Crippen LogP contribution in [0, 0.1) is 0 Å². The summed E-state index contributed by atoms with van der Waals surface area (Å²) in [6.07, 6.45) is 0. The van der Waals surface area contributed by atoms with Crippen molar-refractivity contribution < 1.29 is 4.42 Å². The van der Waals surface area contributed by atoms with Crippen molar-refractivity contribution in [3.63, 3.8) is 0 Å². The number of anilines is 3. The summed E-state index contributed by atoms with van der Waals surface area (Å²) in [5, 5.41) is 7.17. The molecule has 4 heteroatoms. The normalized spacial score (nSPS) is 11.8. The molecule has 12 aromatic rings. The van der Waals surface area contributed by atoms with Gasteiger partial charge in [-0.15, -0.1) is 11.3 Å². The zero-order valence-corrected chi connectivity index (χ0v) is 32.2. The van der Waals surface area contributed by atoms with Gasteiger partial charge < -0.3 is 13.9 Å². The molecule has 12 rings (SSSR count). The third-order valence-corrected chi connectivity index (χ3v) is 12.8. The lowest BCUT2D eigenvalue weighted by molar-refractivity contribution is 0.669. The van der Waals surface area contributed by atoms with E-state index in [0.717, 1.165) is 66.7 Å². The number of fused-ring (bicyclic) bond motifs is 9. The third-order valence-electron chi connectivity index (χ3n) is 11.6. The van der Waals surface area contributed by atoms with Crippen molar-refractivity contribution in [2.75, 3.05) is 4.90 Å². The third kappa shape index (κ3) is 5.19. The minimum Gasteiger partial charge on any atom is -0.456 e. The van der Waals surface area contributed by atoms with Crippen LogP contribution in [0.4, 0.5) is 17.1 Å². The Balaban J connectivity index is 1.16. The first-order valence-electron chi connectivity index (χ1n) is 19.7. The highest BCUT2D eigenvalue weighted by atomic mass is 32.1. The topological polar surface area (TPSA) is 21.3 Å². The molecule has 272 valence electrons. The summed E-state index contributed by atoms with van der Waals surface area (Å²) in [6, 6.07) is 74.6. The largest absolute Gasteiger partial charge is 0.456 e. The fourth-order valence-electron chi connectivity index (χ4n) is 8.91. The number of hydrogen-bond acceptors (Lipinski definition) is 3. The van der Waals surface area contributed by atoms with Crippen molar-refractivity contribution in [2.45, 2.75) is 0 Å². The summed E-state index contributed by atoms with van der Waals surface area (Å²) in [6.45, 7) is 0. The predicted molar refractivity (Wildman–Crippen MR) is 247 cm³/mol. The molecule has 0 fully saturated rings. The Morgan fingerprint density at radius 3 is 1.90 bits per heavy atom. The number of benzene rings is 9. The van der Waals surface area contributed by atoms with Gasteiger partial charge in [-0.25, -0.2) is 0 Å². The lowest BCUT2D eigenvalue weighted by atomic mass is 10.00. The first kappa shape index (κ1) is 32.8. The van der Waals surface area contributed by atoms with Crippen molar-refractivity contribution in [1.29, 1.82) is 0 Å². The Kier molecular flexibility index (Phi) is 7.40. The molecule has 0 aliphatic carbocycles. The van der Waals surface area contributed by atoms with Crippen molar-refractivity contribution >= 4 is 92.3 Å². The molecule has 0 aliphatic rings. The average molecular weight is 759 g/mol. The van der Waals surface area contributed by atoms with Crippen LogP contribution in [0.15, 0.2) is 211 Å². The number of thiophene rings is 1. The van der Waals surface area contributed by atoms with Gasteiger partial charge in [0.15, 0.2) is 0 Å². The summed E-state index contributed by atoms with van der Waals surface area (Å²) < 4.78 is 11.5. The van der Waals surface area contributed by atoms with Crippen LogP contribution >= 0.6 is 11.3 Å². The molecule has 0 bridgehead atoms. The van der Waals surface area contributed by atoms with Crippen LogP contribution in [0.5, 0.6) is 0 Å². The molecule has 0 spiro atoms. The van der Waals surface area contributed by atoms with Gasteiger partial charge in [0.2, 0.25) is 0 Å². The van der Waals surface area contributed by atoms with Gasteiger partial charge in [0.25, 0.3) is 0 Å². The molecule has 9 aromatic carbocycles. The molecule has 3 nitrogen and oxygen atoms in total. The van der Waals surface area contributed by atoms with E-state index in [4.69, 9.17) is 4.42 Å². The molecule has 58 heavy (non-hydrogen) atoms. The molecule has 0 saturated carbocycles. The van der Waals surface area contributed by atoms with Crippen LogP contribution in [-0.4, -0.2) is 4.57 Å². The molecule has 0 saturated heterocycles. The van der Waals surface area contributed by atoms with E-state index in [1.54, 1.807) is 0 Å². The van der Waals surface area contributed by atoms with Crippen LogP contribution in [0.25, 0.3) is 91.9 Å². The fourth-order valence-corrected chi connectivity index (χ4v) is 10.1. The highest BCUT2D eigenvalue weighted by molar-refractivity contribution is 7.26. The number of furan rings is 1. The van der Waals surface area contributed by atoms with Crippen LogP contribution in [0.3, 0.4) is 0 Å². The molecule has 0 N–H and O–H groups in total. The van der Waals surface area contributed by atoms with Crippen LogP contribution < -0.4 is 4.90 Å². The highest BCUT2D eigenvalue weighted by Gasteiger charge is 2.21. The van der Waals surface area contributed by atoms with Gasteiger partial charge in [0.1, 0.15) is 11.2 Å². The molecule has 0 atom stereocenters. The van der Waals surface area contributed by atoms with E-state index in [-0.39, 0.29) is 0 Å². The van der Waals surface area contributed by atoms with Crippen LogP contribution in [0.1, 0.15) is 0 Å². The van der Waals surface area contributed by atoms with E-state index < -0.39 is 0 Å². The summed E-state index contributed by atoms with van der Waals surface area (Å²) in [5.74, 6) is 0. The van der Waals surface area contributed by atoms with E-state index in [0.29, 0.717) is 0 Å². The summed E-state index contributed by atoms with van der Waals surface area (Å²) in [7, 11) is 0. The van der Waals surface area contributed by atoms with Crippen molar-refractivity contribution in [2.24, 2.45) is 0 Å². The molecule has 0 aliphatic heterocycles. The Hall–Kier alpha value is -7.40. The average Bonchev–Trinajstić information content (AvgIpc) is 3.96. The molecule has 3 aromatic heterocycles. The maximum Gasteiger partial charge on any atom is 0.136 e. The number of nitrogens with zero attached hydrogens (tertiary/aromatic N) is 2. The number of para-hydroxylation sites is 3. The Morgan fingerprint density at radius 1 is 0.379 bits per heavy atom. The fraction of sp³-hybridized carbons (Fsp3) is 0. The number of rotatable bonds is 6. The van der Waals surface area contributed by atoms with Gasteiger partial charge in [0.05, 0.1) is 11.0 Å². The van der Waals surface area contributed by atoms with Crippen molar-refractivity contribution in [1.82, 2.24) is 4.57 Å². The SMILES string of the molecule is c1ccc(-c2ccc(N(c3ccccc3)c3cc(-c4cccc5c4sc4ccccc45)cc(-n4c5ccccc5c5cc6oc7ccccc7c6cc54)c3)cc2)cc1. The molecule has 0 unspecified atom stereocenters. The number of hydrogen-bond donors (Lipinski definition) is 0. The summed E-state index contributed by atoms with van der Waals surface area (Å²) >= 11 is 1.87. The Morgan fingerprint density at radius 2 is 1.05 bits per heavy atom. The quantitative estimate of drug-likeness (QED) is 0.168. The van der Waals surface area contributed by atoms with E-state index in [9.17, 15) is 0 Å². The van der Waals surface area contributed by atoms with Gasteiger partial charge in [-0.3, -0.25) is 0 Å². The first-order valence-corrected chi connectivity index (χ1v) is 20.5. The summed E-state index contributed by atoms with van der Waals surface area (Å²) in [5.41, 5.74) is 13.2. The second kappa shape index (κ2) is 13.1. The van der Waals surface area contributed by atoms with Crippen LogP contribution in [0.2, 0.25) is 0 Å². The Labute approximate surface area is 338 Å². The monoisotopic (exact) mass is 758 g/mol. The minimum absolute atomic E-state index is 0.900. The highest BCUT2D eigenvalue weighted by Crippen LogP contribution is 2.45. The Bertz CT molecular complexity index is 3500. The van der Waals surface area contributed by atoms with Gasteiger partial charge in [-0.2, -0.15) is 0 Å². The standard InChI is InChI=1S/C54H34N2OS/c1-3-14-35(15-4-1)36-26-28-39(29-27-36)55(38-16-5-2-6-17-38)40-30-37(42-21-13-22-46-45-20-9-12-25-53(45)58-54(42)46)31-41(32-40)56-49-23-10-7-18-43(49)47-34-52-48(33-50(47)56)44-19-8-11-24-51(44)57-52/h1-34H. The van der Waals surface area contributed by atoms with Crippen molar-refractivity contribution in [3.05, 3.63) is 206 Å². The van der Waals surface area contributed by atoms with Gasteiger partial charge in [0, 0.05) is 64.5 Å². The van der Waals surface area contributed by atoms with E-state index in [1.165, 1.54) is 42.2 Å². The van der Waals surface area contributed by atoms with Crippen molar-refractivity contribution in [3.8, 4) is 27.9 Å². The van der Waals surface area contributed by atoms with E-state index >= 15 is 0 Å². The first-order chi connectivity index (χ1) is 28.7. The lowest BCUT2D eigenvalue weighted by Crippen LogP contribution is -2.11. The second-order valence-corrected chi connectivity index (χ2v) is 16.0. The predicted octanol–water partition coefficient (Wildman–Crippen LogP) is 15.9. The molecule has 0 radical (unpaired) electrons. The maximum absolute atomic E-state index is 6.44. The second-order valence-electron chi connectivity index (χ2n) is 14.9. The lowest BCUT2D eigenvalue weighted by Gasteiger charge is -2.27. The molecular weight excluding hydrogens is 725 g/mol. The van der Waals surface area contributed by atoms with Gasteiger partial charge in [-0.1, -0.05) is 133 Å². The summed E-state index contributed by atoms with van der Waals surface area (Å²) in [4.78, 5) is 2.39. The molecule has 3 heterocycles.